The monoisotopic (exact) mass is 243 g/mol. The van der Waals surface area contributed by atoms with Crippen molar-refractivity contribution in [3.63, 3.8) is 0 Å². The summed E-state index contributed by atoms with van der Waals surface area (Å²) in [6, 6.07) is 8.13. The van der Waals surface area contributed by atoms with E-state index in [9.17, 15) is 0 Å². The third-order valence-electron chi connectivity index (χ3n) is 3.53. The van der Waals surface area contributed by atoms with Crippen molar-refractivity contribution >= 4 is 17.2 Å². The molecule has 1 aliphatic rings. The van der Waals surface area contributed by atoms with Crippen LogP contribution in [-0.2, 0) is 0 Å². The van der Waals surface area contributed by atoms with E-state index in [0.717, 1.165) is 17.2 Å². The first-order chi connectivity index (χ1) is 8.81. The molecule has 0 bridgehead atoms. The Morgan fingerprint density at radius 2 is 1.72 bits per heavy atom. The number of nitrogens with zero attached hydrogens (tertiary/aromatic N) is 2. The summed E-state index contributed by atoms with van der Waals surface area (Å²) in [5, 5.41) is 4.62. The first-order valence-corrected chi connectivity index (χ1v) is 7.20. The molecule has 0 fully saturated rings. The van der Waals surface area contributed by atoms with Gasteiger partial charge in [0.15, 0.2) is 0 Å². The van der Waals surface area contributed by atoms with Gasteiger partial charge in [0.2, 0.25) is 0 Å². The highest BCUT2D eigenvalue weighted by molar-refractivity contribution is 5.97. The van der Waals surface area contributed by atoms with Gasteiger partial charge in [-0.3, -0.25) is 0 Å². The largest absolute Gasteiger partial charge is 0.231 e. The molecule has 0 spiro atoms. The summed E-state index contributed by atoms with van der Waals surface area (Å²) < 4.78 is 0. The van der Waals surface area contributed by atoms with Gasteiger partial charge in [-0.2, -0.15) is 0 Å². The van der Waals surface area contributed by atoms with E-state index >= 15 is 0 Å². The van der Waals surface area contributed by atoms with Crippen molar-refractivity contribution < 1.29 is 0 Å². The Balaban J connectivity index is 1.76. The molecule has 0 aliphatic carbocycles. The van der Waals surface area contributed by atoms with Gasteiger partial charge in [0.1, 0.15) is 5.84 Å². The maximum atomic E-state index is 4.62. The normalized spacial score (nSPS) is 14.9. The standard InChI is InChI=1S/C16H23N2/c1-3-4-5-6-7-10-13(2)16-17-14-11-8-9-12-15(14)18-16/h8-9,11-13H,3-7,10H2,1-2H3. The van der Waals surface area contributed by atoms with E-state index in [4.69, 9.17) is 0 Å². The molecule has 97 valence electrons. The lowest BCUT2D eigenvalue weighted by atomic mass is 10.0. The first-order valence-electron chi connectivity index (χ1n) is 7.20. The van der Waals surface area contributed by atoms with Crippen LogP contribution in [0.2, 0.25) is 0 Å². The van der Waals surface area contributed by atoms with Gasteiger partial charge in [0.25, 0.3) is 0 Å². The molecule has 0 aromatic heterocycles. The second-order valence-electron chi connectivity index (χ2n) is 5.17. The van der Waals surface area contributed by atoms with Crippen molar-refractivity contribution in [1.29, 1.82) is 0 Å². The van der Waals surface area contributed by atoms with Crippen LogP contribution in [-0.4, -0.2) is 5.84 Å². The fourth-order valence-electron chi connectivity index (χ4n) is 2.33. The molecule has 1 aliphatic heterocycles. The maximum Gasteiger partial charge on any atom is 0.132 e. The number of para-hydroxylation sites is 2. The van der Waals surface area contributed by atoms with Crippen LogP contribution in [0.4, 0.5) is 11.4 Å². The minimum absolute atomic E-state index is 0.485. The fraction of sp³-hybridized carbons (Fsp3) is 0.562. The lowest BCUT2D eigenvalue weighted by molar-refractivity contribution is 0.562. The summed E-state index contributed by atoms with van der Waals surface area (Å²) in [5.41, 5.74) is 2.07. The van der Waals surface area contributed by atoms with E-state index in [-0.39, 0.29) is 0 Å². The Morgan fingerprint density at radius 1 is 1.00 bits per heavy atom. The quantitative estimate of drug-likeness (QED) is 0.605. The number of hydrogen-bond acceptors (Lipinski definition) is 1. The third kappa shape index (κ3) is 3.34. The van der Waals surface area contributed by atoms with E-state index in [2.05, 4.69) is 24.2 Å². The predicted molar refractivity (Wildman–Crippen MR) is 77.9 cm³/mol. The van der Waals surface area contributed by atoms with Crippen molar-refractivity contribution in [3.8, 4) is 0 Å². The summed E-state index contributed by atoms with van der Waals surface area (Å²) >= 11 is 0. The second-order valence-corrected chi connectivity index (χ2v) is 5.17. The molecule has 2 heteroatoms. The minimum Gasteiger partial charge on any atom is -0.231 e. The van der Waals surface area contributed by atoms with Gasteiger partial charge < -0.3 is 0 Å². The average Bonchev–Trinajstić information content (AvgIpc) is 2.82. The molecule has 18 heavy (non-hydrogen) atoms. The number of benzene rings is 1. The molecule has 0 N–H and O–H groups in total. The van der Waals surface area contributed by atoms with E-state index in [1.807, 2.05) is 24.3 Å². The second kappa shape index (κ2) is 6.58. The summed E-state index contributed by atoms with van der Waals surface area (Å²) in [6.07, 6.45) is 7.90. The van der Waals surface area contributed by atoms with Crippen molar-refractivity contribution in [2.45, 2.75) is 52.4 Å². The van der Waals surface area contributed by atoms with Crippen LogP contribution in [0.25, 0.3) is 0 Å². The van der Waals surface area contributed by atoms with Gasteiger partial charge in [0, 0.05) is 5.92 Å². The zero-order valence-corrected chi connectivity index (χ0v) is 11.5. The van der Waals surface area contributed by atoms with Gasteiger partial charge in [-0.15, -0.1) is 0 Å². The van der Waals surface area contributed by atoms with Crippen molar-refractivity contribution in [2.75, 3.05) is 0 Å². The van der Waals surface area contributed by atoms with Crippen molar-refractivity contribution in [1.82, 2.24) is 5.32 Å². The molecule has 1 unspecified atom stereocenters. The average molecular weight is 243 g/mol. The molecule has 1 aromatic carbocycles. The van der Waals surface area contributed by atoms with E-state index < -0.39 is 0 Å². The molecule has 0 saturated carbocycles. The van der Waals surface area contributed by atoms with Crippen molar-refractivity contribution in [3.05, 3.63) is 24.3 Å². The third-order valence-corrected chi connectivity index (χ3v) is 3.53. The van der Waals surface area contributed by atoms with Crippen molar-refractivity contribution in [2.24, 2.45) is 10.9 Å². The predicted octanol–water partition coefficient (Wildman–Crippen LogP) is 4.96. The Hall–Kier alpha value is -1.31. The molecule has 1 aromatic rings. The highest BCUT2D eigenvalue weighted by atomic mass is 15.1. The molecule has 1 heterocycles. The first kappa shape index (κ1) is 13.1. The number of amidine groups is 1. The number of aliphatic imine (C=N–C) groups is 1. The molecule has 2 nitrogen and oxygen atoms in total. The van der Waals surface area contributed by atoms with E-state index in [1.54, 1.807) is 0 Å². The topological polar surface area (TPSA) is 26.5 Å². The van der Waals surface area contributed by atoms with Gasteiger partial charge >= 0.3 is 0 Å². The lowest BCUT2D eigenvalue weighted by Gasteiger charge is -2.10. The molecule has 0 saturated heterocycles. The van der Waals surface area contributed by atoms with Crippen LogP contribution < -0.4 is 5.32 Å². The number of unbranched alkanes of at least 4 members (excludes halogenated alkanes) is 4. The Bertz CT molecular complexity index is 409. The Kier molecular flexibility index (Phi) is 4.80. The smallest absolute Gasteiger partial charge is 0.132 e. The van der Waals surface area contributed by atoms with Gasteiger partial charge in [-0.05, 0) is 18.6 Å². The molecular weight excluding hydrogens is 220 g/mol. The molecule has 2 rings (SSSR count). The number of fused-ring (bicyclic) bond motifs is 1. The minimum atomic E-state index is 0.485. The van der Waals surface area contributed by atoms with Crippen LogP contribution in [0, 0.1) is 5.92 Å². The highest BCUT2D eigenvalue weighted by Crippen LogP contribution is 2.32. The molecular formula is C16H23N2. The number of rotatable bonds is 7. The Morgan fingerprint density at radius 3 is 2.44 bits per heavy atom. The lowest BCUT2D eigenvalue weighted by Crippen LogP contribution is -2.16. The van der Waals surface area contributed by atoms with Crippen LogP contribution in [0.3, 0.4) is 0 Å². The van der Waals surface area contributed by atoms with Gasteiger partial charge in [-0.1, -0.05) is 58.1 Å². The highest BCUT2D eigenvalue weighted by Gasteiger charge is 2.19. The number of hydrogen-bond donors (Lipinski definition) is 0. The molecule has 1 atom stereocenters. The molecule has 0 amide bonds. The zero-order chi connectivity index (χ0) is 12.8. The van der Waals surface area contributed by atoms with Gasteiger partial charge in [-0.25, -0.2) is 10.3 Å². The summed E-state index contributed by atoms with van der Waals surface area (Å²) in [7, 11) is 0. The van der Waals surface area contributed by atoms with Crippen LogP contribution in [0.5, 0.6) is 0 Å². The van der Waals surface area contributed by atoms with E-state index in [1.165, 1.54) is 38.5 Å². The maximum absolute atomic E-state index is 4.62. The van der Waals surface area contributed by atoms with Crippen LogP contribution in [0.1, 0.15) is 52.4 Å². The summed E-state index contributed by atoms with van der Waals surface area (Å²) in [5.74, 6) is 1.51. The van der Waals surface area contributed by atoms with Crippen LogP contribution >= 0.6 is 0 Å². The summed E-state index contributed by atoms with van der Waals surface area (Å²) in [6.45, 7) is 4.50. The van der Waals surface area contributed by atoms with E-state index in [0.29, 0.717) is 5.92 Å². The van der Waals surface area contributed by atoms with Gasteiger partial charge in [0.05, 0.1) is 11.4 Å². The fourth-order valence-corrected chi connectivity index (χ4v) is 2.33. The molecule has 1 radical (unpaired) electrons. The SMILES string of the molecule is CCCCCCCC(C)C1=Nc2ccccc2[N]1. The summed E-state index contributed by atoms with van der Waals surface area (Å²) in [4.78, 5) is 4.62. The van der Waals surface area contributed by atoms with Crippen LogP contribution in [0.15, 0.2) is 29.3 Å². The Labute approximate surface area is 111 Å². The zero-order valence-electron chi connectivity index (χ0n) is 11.5.